The summed E-state index contributed by atoms with van der Waals surface area (Å²) in [6.45, 7) is 1.95. The number of H-pyrrole nitrogens is 1. The largest absolute Gasteiger partial charge is 0.378 e. The summed E-state index contributed by atoms with van der Waals surface area (Å²) in [5.74, 6) is 0.0302. The highest BCUT2D eigenvalue weighted by Gasteiger charge is 2.53. The number of hydrogen-bond donors (Lipinski definition) is 3. The van der Waals surface area contributed by atoms with Gasteiger partial charge in [-0.25, -0.2) is 0 Å². The molecular formula is C24H27N3O2. The summed E-state index contributed by atoms with van der Waals surface area (Å²) in [6.07, 6.45) is 4.30. The molecule has 5 nitrogen and oxygen atoms in total. The lowest BCUT2D eigenvalue weighted by molar-refractivity contribution is -0.122. The normalized spacial score (nSPS) is 22.7. The second kappa shape index (κ2) is 7.32. The van der Waals surface area contributed by atoms with Crippen molar-refractivity contribution in [3.05, 3.63) is 71.4 Å². The second-order valence-electron chi connectivity index (χ2n) is 8.23. The van der Waals surface area contributed by atoms with Crippen LogP contribution in [0.2, 0.25) is 0 Å². The molecule has 0 saturated carbocycles. The molecule has 0 unspecified atom stereocenters. The highest BCUT2D eigenvalue weighted by molar-refractivity contribution is 5.89. The monoisotopic (exact) mass is 389 g/mol. The van der Waals surface area contributed by atoms with Crippen LogP contribution in [-0.4, -0.2) is 37.2 Å². The van der Waals surface area contributed by atoms with Gasteiger partial charge in [-0.1, -0.05) is 42.5 Å². The molecular weight excluding hydrogens is 362 g/mol. The minimum absolute atomic E-state index is 0.0302. The van der Waals surface area contributed by atoms with Gasteiger partial charge in [-0.2, -0.15) is 0 Å². The van der Waals surface area contributed by atoms with Crippen LogP contribution < -0.4 is 10.6 Å². The maximum Gasteiger partial charge on any atom is 0.225 e. The van der Waals surface area contributed by atoms with Crippen LogP contribution >= 0.6 is 0 Å². The molecule has 5 rings (SSSR count). The third-order valence-corrected chi connectivity index (χ3v) is 6.77. The zero-order valence-electron chi connectivity index (χ0n) is 16.7. The summed E-state index contributed by atoms with van der Waals surface area (Å²) in [5, 5.41) is 7.88. The van der Waals surface area contributed by atoms with Gasteiger partial charge in [-0.3, -0.25) is 4.79 Å². The molecule has 1 spiro atoms. The number of hydrogen-bond acceptors (Lipinski definition) is 3. The van der Waals surface area contributed by atoms with Gasteiger partial charge < -0.3 is 20.4 Å². The molecule has 1 amide bonds. The molecule has 1 saturated heterocycles. The quantitative estimate of drug-likeness (QED) is 0.642. The molecule has 3 aromatic rings. The fourth-order valence-corrected chi connectivity index (χ4v) is 5.47. The molecule has 1 fully saturated rings. The summed E-state index contributed by atoms with van der Waals surface area (Å²) in [7, 11) is 1.78. The summed E-state index contributed by atoms with van der Waals surface area (Å²) in [5.41, 5.74) is 4.59. The second-order valence-corrected chi connectivity index (χ2v) is 8.23. The number of benzene rings is 2. The van der Waals surface area contributed by atoms with Crippen molar-refractivity contribution in [2.24, 2.45) is 0 Å². The molecule has 5 heteroatoms. The van der Waals surface area contributed by atoms with Crippen LogP contribution in [0.5, 0.6) is 0 Å². The Hall–Kier alpha value is -2.63. The fraction of sp³-hybridized carbons (Fsp3) is 0.375. The molecule has 3 N–H and O–H groups in total. The van der Waals surface area contributed by atoms with Crippen molar-refractivity contribution in [3.8, 4) is 0 Å². The van der Waals surface area contributed by atoms with E-state index in [4.69, 9.17) is 4.74 Å². The number of fused-ring (bicyclic) bond motifs is 3. The Morgan fingerprint density at radius 1 is 1.14 bits per heavy atom. The van der Waals surface area contributed by atoms with Crippen LogP contribution in [0.1, 0.15) is 35.6 Å². The van der Waals surface area contributed by atoms with Gasteiger partial charge in [0, 0.05) is 29.6 Å². The molecule has 2 heterocycles. The molecule has 0 bridgehead atoms. The highest BCUT2D eigenvalue weighted by Crippen LogP contribution is 2.51. The summed E-state index contributed by atoms with van der Waals surface area (Å²) in [4.78, 5) is 16.3. The van der Waals surface area contributed by atoms with Gasteiger partial charge in [-0.15, -0.1) is 0 Å². The Bertz CT molecular complexity index is 1040. The minimum atomic E-state index is -0.119. The number of para-hydroxylation sites is 1. The van der Waals surface area contributed by atoms with Crippen LogP contribution in [0.15, 0.2) is 54.7 Å². The Balaban J connectivity index is 1.43. The van der Waals surface area contributed by atoms with E-state index in [-0.39, 0.29) is 23.5 Å². The number of amides is 1. The molecule has 2 aliphatic rings. The average molecular weight is 389 g/mol. The summed E-state index contributed by atoms with van der Waals surface area (Å²) >= 11 is 0. The van der Waals surface area contributed by atoms with E-state index in [0.717, 1.165) is 42.4 Å². The van der Waals surface area contributed by atoms with Gasteiger partial charge in [0.05, 0.1) is 18.6 Å². The number of carbonyl (C=O) groups is 1. The predicted octanol–water partition coefficient (Wildman–Crippen LogP) is 3.22. The van der Waals surface area contributed by atoms with Crippen LogP contribution in [0.4, 0.5) is 0 Å². The first-order valence-corrected chi connectivity index (χ1v) is 10.4. The fourth-order valence-electron chi connectivity index (χ4n) is 5.47. The smallest absolute Gasteiger partial charge is 0.225 e. The molecule has 2 atom stereocenters. The topological polar surface area (TPSA) is 66.1 Å². The van der Waals surface area contributed by atoms with Crippen molar-refractivity contribution in [2.45, 2.75) is 36.8 Å². The van der Waals surface area contributed by atoms with Crippen LogP contribution in [-0.2, 0) is 21.4 Å². The molecule has 1 aliphatic carbocycles. The number of ether oxygens (including phenoxy) is 1. The Labute approximate surface area is 170 Å². The lowest BCUT2D eigenvalue weighted by Gasteiger charge is -2.40. The van der Waals surface area contributed by atoms with E-state index in [1.54, 1.807) is 7.11 Å². The van der Waals surface area contributed by atoms with Gasteiger partial charge in [0.2, 0.25) is 5.91 Å². The average Bonchev–Trinajstić information content (AvgIpc) is 3.27. The van der Waals surface area contributed by atoms with E-state index in [9.17, 15) is 4.79 Å². The number of aromatic nitrogens is 1. The van der Waals surface area contributed by atoms with Gasteiger partial charge in [-0.05, 0) is 48.7 Å². The van der Waals surface area contributed by atoms with Crippen LogP contribution in [0.3, 0.4) is 0 Å². The van der Waals surface area contributed by atoms with E-state index in [2.05, 4.69) is 45.9 Å². The van der Waals surface area contributed by atoms with Crippen LogP contribution in [0.25, 0.3) is 10.9 Å². The van der Waals surface area contributed by atoms with Crippen molar-refractivity contribution in [3.63, 3.8) is 0 Å². The maximum atomic E-state index is 13.1. The summed E-state index contributed by atoms with van der Waals surface area (Å²) < 4.78 is 6.06. The van der Waals surface area contributed by atoms with E-state index in [0.29, 0.717) is 6.42 Å². The zero-order chi connectivity index (χ0) is 19.8. The Kier molecular flexibility index (Phi) is 4.64. The first-order valence-electron chi connectivity index (χ1n) is 10.4. The van der Waals surface area contributed by atoms with E-state index >= 15 is 0 Å². The number of nitrogens with one attached hydrogen (secondary N) is 3. The third kappa shape index (κ3) is 2.96. The number of methoxy groups -OCH3 is 1. The van der Waals surface area contributed by atoms with Gasteiger partial charge >= 0.3 is 0 Å². The molecule has 150 valence electrons. The van der Waals surface area contributed by atoms with Gasteiger partial charge in [0.1, 0.15) is 0 Å². The number of carbonyl (C=O) groups excluding carboxylic acids is 1. The van der Waals surface area contributed by atoms with Crippen molar-refractivity contribution < 1.29 is 9.53 Å². The number of rotatable bonds is 4. The first-order chi connectivity index (χ1) is 14.2. The minimum Gasteiger partial charge on any atom is -0.378 e. The standard InChI is InChI=1S/C24H27N3O2/c1-29-23-22(18-7-2-4-8-19(18)24(23)10-12-25-13-11-24)27-21(28)14-16-15-26-20-9-5-3-6-17(16)20/h2-9,15,22-23,25-26H,10-14H2,1H3,(H,27,28)/t22-,23+/m0/s1. The summed E-state index contributed by atoms with van der Waals surface area (Å²) in [6, 6.07) is 16.5. The molecule has 1 aromatic heterocycles. The van der Waals surface area contributed by atoms with Crippen molar-refractivity contribution >= 4 is 16.8 Å². The van der Waals surface area contributed by atoms with Crippen LogP contribution in [0, 0.1) is 0 Å². The first kappa shape index (κ1) is 18.4. The zero-order valence-corrected chi connectivity index (χ0v) is 16.7. The number of piperidine rings is 1. The maximum absolute atomic E-state index is 13.1. The number of aromatic amines is 1. The molecule has 29 heavy (non-hydrogen) atoms. The van der Waals surface area contributed by atoms with Gasteiger partial charge in [0.25, 0.3) is 0 Å². The van der Waals surface area contributed by atoms with Crippen molar-refractivity contribution in [1.82, 2.24) is 15.6 Å². The van der Waals surface area contributed by atoms with E-state index < -0.39 is 0 Å². The van der Waals surface area contributed by atoms with Gasteiger partial charge in [0.15, 0.2) is 0 Å². The van der Waals surface area contributed by atoms with E-state index in [1.807, 2.05) is 24.4 Å². The lowest BCUT2D eigenvalue weighted by atomic mass is 9.72. The predicted molar refractivity (Wildman–Crippen MR) is 114 cm³/mol. The molecule has 0 radical (unpaired) electrons. The van der Waals surface area contributed by atoms with E-state index in [1.165, 1.54) is 11.1 Å². The Morgan fingerprint density at radius 3 is 2.72 bits per heavy atom. The third-order valence-electron chi connectivity index (χ3n) is 6.77. The SMILES string of the molecule is CO[C@@H]1[C@@H](NC(=O)Cc2c[nH]c3ccccc23)c2ccccc2C12CCNCC2. The lowest BCUT2D eigenvalue weighted by Crippen LogP contribution is -2.49. The van der Waals surface area contributed by atoms with Crippen molar-refractivity contribution in [1.29, 1.82) is 0 Å². The Morgan fingerprint density at radius 2 is 1.90 bits per heavy atom. The van der Waals surface area contributed by atoms with Crippen molar-refractivity contribution in [2.75, 3.05) is 20.2 Å². The molecule has 2 aromatic carbocycles. The highest BCUT2D eigenvalue weighted by atomic mass is 16.5. The molecule has 1 aliphatic heterocycles.